The lowest BCUT2D eigenvalue weighted by atomic mass is 9.74. The standard InChI is InChI=1S/C10H14F2O2S/c11-10(12)6-15-4-3-9(10,8(13)14)5-7-1-2-7/h7H,1-6H2,(H,13,14). The van der Waals surface area contributed by atoms with Crippen molar-refractivity contribution in [2.45, 2.75) is 31.6 Å². The first-order valence-corrected chi connectivity index (χ1v) is 6.32. The number of rotatable bonds is 3. The summed E-state index contributed by atoms with van der Waals surface area (Å²) < 4.78 is 27.5. The predicted octanol–water partition coefficient (Wildman–Crippen LogP) is 2.63. The van der Waals surface area contributed by atoms with Crippen molar-refractivity contribution in [2.75, 3.05) is 11.5 Å². The highest BCUT2D eigenvalue weighted by Crippen LogP contribution is 2.54. The molecule has 0 amide bonds. The minimum atomic E-state index is -3.05. The van der Waals surface area contributed by atoms with Crippen LogP contribution in [0, 0.1) is 11.3 Å². The van der Waals surface area contributed by atoms with E-state index in [1.165, 1.54) is 0 Å². The van der Waals surface area contributed by atoms with Crippen molar-refractivity contribution in [3.05, 3.63) is 0 Å². The maximum atomic E-state index is 13.8. The van der Waals surface area contributed by atoms with Crippen LogP contribution in [0.2, 0.25) is 0 Å². The highest BCUT2D eigenvalue weighted by atomic mass is 32.2. The molecule has 2 fully saturated rings. The van der Waals surface area contributed by atoms with Crippen molar-refractivity contribution in [3.63, 3.8) is 0 Å². The molecule has 0 aromatic carbocycles. The largest absolute Gasteiger partial charge is 0.481 e. The van der Waals surface area contributed by atoms with E-state index in [0.29, 0.717) is 5.75 Å². The second-order valence-electron chi connectivity index (χ2n) is 4.54. The number of carboxylic acids is 1. The molecule has 1 N–H and O–H groups in total. The molecule has 0 aromatic rings. The van der Waals surface area contributed by atoms with Gasteiger partial charge in [-0.3, -0.25) is 4.79 Å². The molecule has 15 heavy (non-hydrogen) atoms. The zero-order chi connectivity index (χ0) is 11.1. The third kappa shape index (κ3) is 1.86. The monoisotopic (exact) mass is 236 g/mol. The lowest BCUT2D eigenvalue weighted by molar-refractivity contribution is -0.178. The van der Waals surface area contributed by atoms with Gasteiger partial charge in [-0.25, -0.2) is 8.78 Å². The molecule has 1 aliphatic heterocycles. The number of hydrogen-bond acceptors (Lipinski definition) is 2. The Morgan fingerprint density at radius 2 is 2.13 bits per heavy atom. The Hall–Kier alpha value is -0.320. The van der Waals surface area contributed by atoms with E-state index >= 15 is 0 Å². The van der Waals surface area contributed by atoms with Crippen molar-refractivity contribution in [1.29, 1.82) is 0 Å². The van der Waals surface area contributed by atoms with E-state index in [4.69, 9.17) is 5.11 Å². The van der Waals surface area contributed by atoms with Crippen molar-refractivity contribution < 1.29 is 18.7 Å². The lowest BCUT2D eigenvalue weighted by Crippen LogP contribution is -2.52. The summed E-state index contributed by atoms with van der Waals surface area (Å²) in [5.41, 5.74) is -1.78. The zero-order valence-electron chi connectivity index (χ0n) is 8.34. The topological polar surface area (TPSA) is 37.3 Å². The van der Waals surface area contributed by atoms with E-state index in [-0.39, 0.29) is 24.5 Å². The van der Waals surface area contributed by atoms with Crippen LogP contribution in [0.4, 0.5) is 8.78 Å². The van der Waals surface area contributed by atoms with Gasteiger partial charge in [0.25, 0.3) is 5.92 Å². The molecule has 0 aromatic heterocycles. The second-order valence-corrected chi connectivity index (χ2v) is 5.65. The van der Waals surface area contributed by atoms with Gasteiger partial charge in [0.2, 0.25) is 0 Å². The average Bonchev–Trinajstić information content (AvgIpc) is 2.92. The second kappa shape index (κ2) is 3.61. The first-order chi connectivity index (χ1) is 6.98. The Morgan fingerprint density at radius 3 is 2.60 bits per heavy atom. The number of halogens is 2. The molecule has 1 atom stereocenters. The van der Waals surface area contributed by atoms with Gasteiger partial charge in [-0.2, -0.15) is 11.8 Å². The van der Waals surface area contributed by atoms with E-state index in [1.54, 1.807) is 0 Å². The molecule has 0 spiro atoms. The third-order valence-electron chi connectivity index (χ3n) is 3.40. The Morgan fingerprint density at radius 1 is 1.47 bits per heavy atom. The van der Waals surface area contributed by atoms with Gasteiger partial charge in [0.05, 0.1) is 5.75 Å². The predicted molar refractivity (Wildman–Crippen MR) is 54.3 cm³/mol. The van der Waals surface area contributed by atoms with Crippen molar-refractivity contribution >= 4 is 17.7 Å². The SMILES string of the molecule is O=C(O)C1(CC2CC2)CCSCC1(F)F. The number of carboxylic acid groups (broad SMARTS) is 1. The molecule has 1 aliphatic carbocycles. The normalized spacial score (nSPS) is 35.1. The summed E-state index contributed by atoms with van der Waals surface area (Å²) in [6.07, 6.45) is 2.10. The van der Waals surface area contributed by atoms with Crippen LogP contribution in [-0.2, 0) is 4.79 Å². The quantitative estimate of drug-likeness (QED) is 0.818. The lowest BCUT2D eigenvalue weighted by Gasteiger charge is -2.40. The molecule has 0 radical (unpaired) electrons. The van der Waals surface area contributed by atoms with E-state index in [0.717, 1.165) is 24.6 Å². The number of hydrogen-bond donors (Lipinski definition) is 1. The van der Waals surface area contributed by atoms with Crippen LogP contribution in [0.1, 0.15) is 25.7 Å². The molecular formula is C10H14F2O2S. The molecule has 1 heterocycles. The van der Waals surface area contributed by atoms with Crippen molar-refractivity contribution in [3.8, 4) is 0 Å². The summed E-state index contributed by atoms with van der Waals surface area (Å²) in [6, 6.07) is 0. The van der Waals surface area contributed by atoms with Crippen LogP contribution in [0.3, 0.4) is 0 Å². The Labute approximate surface area is 91.4 Å². The Kier molecular flexibility index (Phi) is 2.69. The Balaban J connectivity index is 2.24. The minimum absolute atomic E-state index is 0.108. The average molecular weight is 236 g/mol. The van der Waals surface area contributed by atoms with Gasteiger partial charge < -0.3 is 5.11 Å². The summed E-state index contributed by atoms with van der Waals surface area (Å²) >= 11 is 1.16. The third-order valence-corrected chi connectivity index (χ3v) is 4.46. The van der Waals surface area contributed by atoms with Crippen molar-refractivity contribution in [2.24, 2.45) is 11.3 Å². The fourth-order valence-electron chi connectivity index (χ4n) is 2.18. The smallest absolute Gasteiger partial charge is 0.315 e. The first kappa shape index (κ1) is 11.2. The van der Waals surface area contributed by atoms with Gasteiger partial charge in [0, 0.05) is 0 Å². The van der Waals surface area contributed by atoms with Gasteiger partial charge in [-0.05, 0) is 24.5 Å². The minimum Gasteiger partial charge on any atom is -0.481 e. The molecule has 5 heteroatoms. The Bertz CT molecular complexity index is 279. The van der Waals surface area contributed by atoms with Gasteiger partial charge in [0.15, 0.2) is 0 Å². The first-order valence-electron chi connectivity index (χ1n) is 5.17. The van der Waals surface area contributed by atoms with Crippen LogP contribution in [-0.4, -0.2) is 28.5 Å². The molecule has 1 saturated heterocycles. The maximum absolute atomic E-state index is 13.8. The maximum Gasteiger partial charge on any atom is 0.315 e. The molecule has 2 aliphatic rings. The fourth-order valence-corrected chi connectivity index (χ4v) is 3.35. The van der Waals surface area contributed by atoms with Crippen LogP contribution in [0.5, 0.6) is 0 Å². The van der Waals surface area contributed by atoms with E-state index in [1.807, 2.05) is 0 Å². The highest BCUT2D eigenvalue weighted by Gasteiger charge is 2.61. The molecule has 2 rings (SSSR count). The summed E-state index contributed by atoms with van der Waals surface area (Å²) in [5, 5.41) is 9.11. The van der Waals surface area contributed by atoms with Crippen molar-refractivity contribution in [1.82, 2.24) is 0 Å². The van der Waals surface area contributed by atoms with Gasteiger partial charge >= 0.3 is 5.97 Å². The fraction of sp³-hybridized carbons (Fsp3) is 0.900. The number of alkyl halides is 2. The summed E-state index contributed by atoms with van der Waals surface area (Å²) in [4.78, 5) is 11.2. The van der Waals surface area contributed by atoms with E-state index < -0.39 is 17.3 Å². The van der Waals surface area contributed by atoms with Crippen LogP contribution >= 0.6 is 11.8 Å². The van der Waals surface area contributed by atoms with E-state index in [2.05, 4.69) is 0 Å². The molecule has 2 nitrogen and oxygen atoms in total. The molecular weight excluding hydrogens is 222 g/mol. The molecule has 86 valence electrons. The number of carbonyl (C=O) groups is 1. The van der Waals surface area contributed by atoms with Crippen LogP contribution in [0.15, 0.2) is 0 Å². The van der Waals surface area contributed by atoms with E-state index in [9.17, 15) is 13.6 Å². The van der Waals surface area contributed by atoms with Gasteiger partial charge in [-0.1, -0.05) is 12.8 Å². The molecule has 1 saturated carbocycles. The molecule has 1 unspecified atom stereocenters. The van der Waals surface area contributed by atoms with Gasteiger partial charge in [0.1, 0.15) is 5.41 Å². The van der Waals surface area contributed by atoms with Gasteiger partial charge in [-0.15, -0.1) is 0 Å². The highest BCUT2D eigenvalue weighted by molar-refractivity contribution is 7.99. The van der Waals surface area contributed by atoms with Crippen LogP contribution in [0.25, 0.3) is 0 Å². The zero-order valence-corrected chi connectivity index (χ0v) is 9.16. The molecule has 0 bridgehead atoms. The summed E-state index contributed by atoms with van der Waals surface area (Å²) in [7, 11) is 0. The van der Waals surface area contributed by atoms with Crippen LogP contribution < -0.4 is 0 Å². The summed E-state index contributed by atoms with van der Waals surface area (Å²) in [5.74, 6) is -3.94. The number of thioether (sulfide) groups is 1. The summed E-state index contributed by atoms with van der Waals surface area (Å²) in [6.45, 7) is 0. The number of aliphatic carboxylic acids is 1.